The summed E-state index contributed by atoms with van der Waals surface area (Å²) in [5.41, 5.74) is -0.321. The fraction of sp³-hybridized carbons (Fsp3) is 0.444. The van der Waals surface area contributed by atoms with Crippen LogP contribution < -0.4 is 4.90 Å². The first-order chi connectivity index (χ1) is 7.19. The van der Waals surface area contributed by atoms with Crippen LogP contribution in [0.15, 0.2) is 12.3 Å². The van der Waals surface area contributed by atoms with E-state index in [0.717, 1.165) is 12.8 Å². The molecule has 0 atom stereocenters. The van der Waals surface area contributed by atoms with Crippen molar-refractivity contribution >= 4 is 11.9 Å². The maximum atomic E-state index is 12.8. The van der Waals surface area contributed by atoms with Crippen LogP contribution in [-0.2, 0) is 4.74 Å². The fourth-order valence-electron chi connectivity index (χ4n) is 1.68. The number of anilines is 1. The highest BCUT2D eigenvalue weighted by Gasteiger charge is 2.55. The second kappa shape index (κ2) is 2.65. The first-order valence-corrected chi connectivity index (χ1v) is 4.68. The molecular formula is C9H8FN3O2. The van der Waals surface area contributed by atoms with Gasteiger partial charge in [-0.25, -0.2) is 9.78 Å². The summed E-state index contributed by atoms with van der Waals surface area (Å²) < 4.78 is 17.9. The van der Waals surface area contributed by atoms with Crippen LogP contribution in [0.25, 0.3) is 0 Å². The molecule has 1 saturated heterocycles. The first-order valence-electron chi connectivity index (χ1n) is 4.68. The Morgan fingerprint density at radius 2 is 2.33 bits per heavy atom. The maximum Gasteiger partial charge on any atom is 0.416 e. The molecule has 78 valence electrons. The fourth-order valence-corrected chi connectivity index (χ4v) is 1.68. The number of carbonyl (C=O) groups excluding carboxylic acids is 1. The van der Waals surface area contributed by atoms with E-state index in [-0.39, 0.29) is 11.4 Å². The molecule has 1 aromatic rings. The second-order valence-electron chi connectivity index (χ2n) is 3.82. The monoisotopic (exact) mass is 209 g/mol. The van der Waals surface area contributed by atoms with Crippen molar-refractivity contribution in [1.82, 2.24) is 9.97 Å². The van der Waals surface area contributed by atoms with E-state index in [1.54, 1.807) is 0 Å². The highest BCUT2D eigenvalue weighted by atomic mass is 19.1. The van der Waals surface area contributed by atoms with E-state index < -0.39 is 12.2 Å². The van der Waals surface area contributed by atoms with Crippen molar-refractivity contribution in [2.24, 2.45) is 0 Å². The zero-order valence-corrected chi connectivity index (χ0v) is 7.81. The van der Waals surface area contributed by atoms with E-state index in [1.807, 2.05) is 0 Å². The van der Waals surface area contributed by atoms with E-state index in [1.165, 1.54) is 17.2 Å². The van der Waals surface area contributed by atoms with Crippen molar-refractivity contribution in [3.8, 4) is 0 Å². The average Bonchev–Trinajstić information content (AvgIpc) is 2.85. The molecule has 1 amide bonds. The smallest absolute Gasteiger partial charge is 0.416 e. The zero-order valence-electron chi connectivity index (χ0n) is 7.81. The van der Waals surface area contributed by atoms with E-state index in [9.17, 15) is 9.18 Å². The lowest BCUT2D eigenvalue weighted by molar-refractivity contribution is 0.129. The molecule has 0 aromatic carbocycles. The number of hydrogen-bond donors (Lipinski definition) is 0. The average molecular weight is 209 g/mol. The number of carbonyl (C=O) groups is 1. The molecule has 1 saturated carbocycles. The molecule has 5 nitrogen and oxygen atoms in total. The Kier molecular flexibility index (Phi) is 1.52. The Balaban J connectivity index is 1.91. The molecule has 0 bridgehead atoms. The lowest BCUT2D eigenvalue weighted by Gasteiger charge is -2.10. The van der Waals surface area contributed by atoms with Gasteiger partial charge < -0.3 is 4.74 Å². The van der Waals surface area contributed by atoms with Gasteiger partial charge >= 0.3 is 12.2 Å². The summed E-state index contributed by atoms with van der Waals surface area (Å²) in [7, 11) is 0. The molecule has 2 heterocycles. The molecule has 2 aliphatic rings. The van der Waals surface area contributed by atoms with Crippen molar-refractivity contribution in [1.29, 1.82) is 0 Å². The number of ether oxygens (including phenoxy) is 1. The summed E-state index contributed by atoms with van der Waals surface area (Å²) in [5, 5.41) is 0. The Morgan fingerprint density at radius 1 is 1.53 bits per heavy atom. The van der Waals surface area contributed by atoms with E-state index in [2.05, 4.69) is 9.97 Å². The summed E-state index contributed by atoms with van der Waals surface area (Å²) >= 11 is 0. The number of halogens is 1. The predicted molar refractivity (Wildman–Crippen MR) is 47.8 cm³/mol. The van der Waals surface area contributed by atoms with Gasteiger partial charge in [0.05, 0.1) is 6.54 Å². The number of hydrogen-bond acceptors (Lipinski definition) is 4. The van der Waals surface area contributed by atoms with Gasteiger partial charge in [-0.2, -0.15) is 9.37 Å². The van der Waals surface area contributed by atoms with Crippen molar-refractivity contribution in [2.75, 3.05) is 11.4 Å². The molecular weight excluding hydrogens is 201 g/mol. The van der Waals surface area contributed by atoms with Crippen LogP contribution in [0.4, 0.5) is 15.0 Å². The Hall–Kier alpha value is -1.72. The highest BCUT2D eigenvalue weighted by molar-refractivity contribution is 5.89. The van der Waals surface area contributed by atoms with Gasteiger partial charge in [-0.1, -0.05) is 0 Å². The molecule has 0 unspecified atom stereocenters. The van der Waals surface area contributed by atoms with Gasteiger partial charge in [0.1, 0.15) is 11.4 Å². The van der Waals surface area contributed by atoms with Gasteiger partial charge in [0.25, 0.3) is 0 Å². The Labute approximate surface area is 84.9 Å². The third kappa shape index (κ3) is 1.33. The first kappa shape index (κ1) is 8.58. The van der Waals surface area contributed by atoms with Crippen molar-refractivity contribution in [3.63, 3.8) is 0 Å². The number of aromatic nitrogens is 2. The summed E-state index contributed by atoms with van der Waals surface area (Å²) in [5.74, 6) is 0.260. The van der Waals surface area contributed by atoms with E-state index >= 15 is 0 Å². The van der Waals surface area contributed by atoms with Crippen molar-refractivity contribution in [3.05, 3.63) is 18.3 Å². The number of amides is 1. The molecule has 1 aromatic heterocycles. The molecule has 1 aliphatic heterocycles. The SMILES string of the molecule is O=C1OC2(CC2)CN1c1ccnc(F)n1. The molecule has 1 spiro atoms. The van der Waals surface area contributed by atoms with Gasteiger partial charge in [0.2, 0.25) is 0 Å². The normalized spacial score (nSPS) is 21.9. The van der Waals surface area contributed by atoms with Gasteiger partial charge in [-0.15, -0.1) is 0 Å². The zero-order chi connectivity index (χ0) is 10.5. The number of nitrogens with zero attached hydrogens (tertiary/aromatic N) is 3. The van der Waals surface area contributed by atoms with Crippen LogP contribution in [-0.4, -0.2) is 28.2 Å². The number of rotatable bonds is 1. The van der Waals surface area contributed by atoms with Gasteiger partial charge in [-0.05, 0) is 18.9 Å². The van der Waals surface area contributed by atoms with Crippen LogP contribution in [0.2, 0.25) is 0 Å². The van der Waals surface area contributed by atoms with Gasteiger partial charge in [-0.3, -0.25) is 4.90 Å². The Morgan fingerprint density at radius 3 is 2.93 bits per heavy atom. The van der Waals surface area contributed by atoms with Gasteiger partial charge in [0, 0.05) is 6.20 Å². The predicted octanol–water partition coefficient (Wildman–Crippen LogP) is 1.10. The van der Waals surface area contributed by atoms with Crippen molar-refractivity contribution in [2.45, 2.75) is 18.4 Å². The lowest BCUT2D eigenvalue weighted by atomic mass is 10.3. The molecule has 15 heavy (non-hydrogen) atoms. The van der Waals surface area contributed by atoms with Crippen LogP contribution in [0, 0.1) is 6.08 Å². The third-order valence-electron chi connectivity index (χ3n) is 2.67. The summed E-state index contributed by atoms with van der Waals surface area (Å²) in [6, 6.07) is 1.49. The minimum atomic E-state index is -0.836. The molecule has 2 fully saturated rings. The third-order valence-corrected chi connectivity index (χ3v) is 2.67. The minimum absolute atomic E-state index is 0.260. The summed E-state index contributed by atoms with van der Waals surface area (Å²) in [6.07, 6.45) is 1.75. The second-order valence-corrected chi connectivity index (χ2v) is 3.82. The van der Waals surface area contributed by atoms with Crippen LogP contribution in [0.5, 0.6) is 0 Å². The van der Waals surface area contributed by atoms with E-state index in [0.29, 0.717) is 6.54 Å². The van der Waals surface area contributed by atoms with Crippen LogP contribution >= 0.6 is 0 Å². The lowest BCUT2D eigenvalue weighted by Crippen LogP contribution is -2.26. The quantitative estimate of drug-likeness (QED) is 0.650. The largest absolute Gasteiger partial charge is 0.441 e. The summed E-state index contributed by atoms with van der Waals surface area (Å²) in [6.45, 7) is 0.461. The highest BCUT2D eigenvalue weighted by Crippen LogP contribution is 2.45. The molecule has 0 N–H and O–H groups in total. The molecule has 0 radical (unpaired) electrons. The minimum Gasteiger partial charge on any atom is -0.441 e. The van der Waals surface area contributed by atoms with E-state index in [4.69, 9.17) is 4.74 Å². The van der Waals surface area contributed by atoms with Gasteiger partial charge in [0.15, 0.2) is 0 Å². The van der Waals surface area contributed by atoms with Crippen molar-refractivity contribution < 1.29 is 13.9 Å². The Bertz CT molecular complexity index is 433. The van der Waals surface area contributed by atoms with Crippen LogP contribution in [0.3, 0.4) is 0 Å². The summed E-state index contributed by atoms with van der Waals surface area (Å²) in [4.78, 5) is 19.7. The molecule has 3 rings (SSSR count). The standard InChI is InChI=1S/C9H8FN3O2/c10-7-11-4-1-6(12-7)13-5-9(2-3-9)15-8(13)14/h1,4H,2-3,5H2. The maximum absolute atomic E-state index is 12.8. The topological polar surface area (TPSA) is 55.3 Å². The van der Waals surface area contributed by atoms with Crippen LogP contribution in [0.1, 0.15) is 12.8 Å². The molecule has 1 aliphatic carbocycles. The molecule has 6 heteroatoms.